The third kappa shape index (κ3) is 4.71. The van der Waals surface area contributed by atoms with Gasteiger partial charge in [0.05, 0.1) is 5.92 Å². The Balaban J connectivity index is 1.44. The third-order valence-electron chi connectivity index (χ3n) is 7.30. The van der Waals surface area contributed by atoms with Crippen LogP contribution in [0.1, 0.15) is 84.0 Å². The summed E-state index contributed by atoms with van der Waals surface area (Å²) >= 11 is 0. The monoisotopic (exact) mass is 360 g/mol. The molecule has 0 heterocycles. The highest BCUT2D eigenvalue weighted by atomic mass is 19.4. The lowest BCUT2D eigenvalue weighted by molar-refractivity contribution is -0.200. The predicted molar refractivity (Wildman–Crippen MR) is 92.5 cm³/mol. The smallest absolute Gasteiger partial charge is 0.247 e. The van der Waals surface area contributed by atoms with Crippen molar-refractivity contribution in [1.29, 1.82) is 0 Å². The van der Waals surface area contributed by atoms with E-state index in [-0.39, 0.29) is 18.8 Å². The summed E-state index contributed by atoms with van der Waals surface area (Å²) in [5, 5.41) is 0. The van der Waals surface area contributed by atoms with E-state index in [4.69, 9.17) is 0 Å². The molecule has 0 nitrogen and oxygen atoms in total. The van der Waals surface area contributed by atoms with E-state index in [1.165, 1.54) is 38.0 Å². The van der Waals surface area contributed by atoms with Crippen LogP contribution in [0.25, 0.3) is 0 Å². The molecule has 0 aromatic rings. The SMILES string of the molecule is CCC1CC[C](C2CC[C](C3CCC(C(F)(F)F)C(F)C3)CC2)CC1. The second-order valence-corrected chi connectivity index (χ2v) is 8.62. The summed E-state index contributed by atoms with van der Waals surface area (Å²) in [5.74, 6) is 3.09. The first-order chi connectivity index (χ1) is 11.9. The molecule has 4 heteroatoms. The topological polar surface area (TPSA) is 0 Å². The van der Waals surface area contributed by atoms with Crippen LogP contribution in [0, 0.1) is 35.5 Å². The maximum Gasteiger partial charge on any atom is 0.394 e. The van der Waals surface area contributed by atoms with E-state index in [0.29, 0.717) is 12.3 Å². The van der Waals surface area contributed by atoms with Crippen molar-refractivity contribution < 1.29 is 17.6 Å². The maximum absolute atomic E-state index is 14.0. The van der Waals surface area contributed by atoms with Gasteiger partial charge in [0.1, 0.15) is 6.17 Å². The van der Waals surface area contributed by atoms with Crippen LogP contribution in [-0.2, 0) is 0 Å². The molecule has 25 heavy (non-hydrogen) atoms. The molecule has 0 spiro atoms. The van der Waals surface area contributed by atoms with Crippen molar-refractivity contribution in [3.05, 3.63) is 11.8 Å². The van der Waals surface area contributed by atoms with E-state index < -0.39 is 18.3 Å². The Bertz CT molecular complexity index is 403. The lowest BCUT2D eigenvalue weighted by Gasteiger charge is -2.41. The molecule has 144 valence electrons. The molecule has 3 rings (SSSR count). The number of hydrogen-bond donors (Lipinski definition) is 0. The minimum Gasteiger partial charge on any atom is -0.247 e. The lowest BCUT2D eigenvalue weighted by atomic mass is 9.64. The largest absolute Gasteiger partial charge is 0.394 e. The van der Waals surface area contributed by atoms with E-state index in [2.05, 4.69) is 6.92 Å². The Labute approximate surface area is 150 Å². The molecule has 3 saturated carbocycles. The van der Waals surface area contributed by atoms with E-state index in [1.807, 2.05) is 0 Å². The van der Waals surface area contributed by atoms with Gasteiger partial charge < -0.3 is 0 Å². The molecule has 3 aliphatic carbocycles. The first kappa shape index (κ1) is 19.5. The molecule has 0 saturated heterocycles. The maximum atomic E-state index is 14.0. The molecule has 0 amide bonds. The Kier molecular flexibility index (Phi) is 6.36. The van der Waals surface area contributed by atoms with E-state index in [0.717, 1.165) is 31.6 Å². The van der Waals surface area contributed by atoms with Crippen LogP contribution >= 0.6 is 0 Å². The average Bonchev–Trinajstić information content (AvgIpc) is 2.61. The fourth-order valence-corrected chi connectivity index (χ4v) is 5.52. The van der Waals surface area contributed by atoms with Gasteiger partial charge in [-0.05, 0) is 100 Å². The highest BCUT2D eigenvalue weighted by molar-refractivity contribution is 5.09. The number of halogens is 4. The predicted octanol–water partition coefficient (Wildman–Crippen LogP) is 7.24. The molecular weight excluding hydrogens is 328 g/mol. The third-order valence-corrected chi connectivity index (χ3v) is 7.30. The van der Waals surface area contributed by atoms with Crippen LogP contribution in [0.2, 0.25) is 0 Å². The Morgan fingerprint density at radius 3 is 1.88 bits per heavy atom. The summed E-state index contributed by atoms with van der Waals surface area (Å²) < 4.78 is 52.5. The molecular formula is C21H32F4. The molecule has 3 fully saturated rings. The molecule has 2 radical (unpaired) electrons. The molecule has 3 aliphatic rings. The zero-order valence-electron chi connectivity index (χ0n) is 15.4. The minimum absolute atomic E-state index is 0.0297. The van der Waals surface area contributed by atoms with Gasteiger partial charge in [-0.1, -0.05) is 13.3 Å². The van der Waals surface area contributed by atoms with Gasteiger partial charge >= 0.3 is 6.18 Å². The molecule has 3 unspecified atom stereocenters. The second kappa shape index (κ2) is 8.17. The summed E-state index contributed by atoms with van der Waals surface area (Å²) in [6.07, 6.45) is 5.37. The number of rotatable bonds is 3. The van der Waals surface area contributed by atoms with Crippen molar-refractivity contribution in [2.45, 2.75) is 96.3 Å². The van der Waals surface area contributed by atoms with Gasteiger partial charge in [0, 0.05) is 0 Å². The van der Waals surface area contributed by atoms with Crippen LogP contribution in [0.3, 0.4) is 0 Å². The standard InChI is InChI=1S/C21H32F4/c1-2-14-3-5-15(6-4-14)16-7-9-17(10-8-16)18-11-12-19(20(22)13-18)21(23,24)25/h14,16,18-20H,2-13H2,1H3. The van der Waals surface area contributed by atoms with Crippen molar-refractivity contribution in [2.75, 3.05) is 0 Å². The van der Waals surface area contributed by atoms with Crippen LogP contribution in [-0.4, -0.2) is 12.3 Å². The zero-order valence-corrected chi connectivity index (χ0v) is 15.4. The fourth-order valence-electron chi connectivity index (χ4n) is 5.52. The number of hydrogen-bond acceptors (Lipinski definition) is 0. The quantitative estimate of drug-likeness (QED) is 0.465. The zero-order chi connectivity index (χ0) is 18.0. The molecule has 0 aliphatic heterocycles. The normalized spacial score (nSPS) is 35.2. The number of alkyl halides is 4. The fraction of sp³-hybridized carbons (Fsp3) is 0.905. The van der Waals surface area contributed by atoms with E-state index in [9.17, 15) is 17.6 Å². The lowest BCUT2D eigenvalue weighted by Crippen LogP contribution is -2.38. The van der Waals surface area contributed by atoms with Gasteiger partial charge in [-0.3, -0.25) is 0 Å². The second-order valence-electron chi connectivity index (χ2n) is 8.62. The Morgan fingerprint density at radius 1 is 0.800 bits per heavy atom. The first-order valence-corrected chi connectivity index (χ1v) is 10.3. The van der Waals surface area contributed by atoms with Crippen LogP contribution in [0.4, 0.5) is 17.6 Å². The summed E-state index contributed by atoms with van der Waals surface area (Å²) in [7, 11) is 0. The van der Waals surface area contributed by atoms with Gasteiger partial charge in [0.2, 0.25) is 0 Å². The Morgan fingerprint density at radius 2 is 1.36 bits per heavy atom. The van der Waals surface area contributed by atoms with E-state index >= 15 is 0 Å². The van der Waals surface area contributed by atoms with Gasteiger partial charge in [0.15, 0.2) is 0 Å². The highest BCUT2D eigenvalue weighted by Gasteiger charge is 2.49. The summed E-state index contributed by atoms with van der Waals surface area (Å²) in [6.45, 7) is 2.28. The van der Waals surface area contributed by atoms with Crippen LogP contribution in [0.15, 0.2) is 0 Å². The Hall–Kier alpha value is -0.280. The molecule has 0 N–H and O–H groups in total. The van der Waals surface area contributed by atoms with Gasteiger partial charge in [-0.25, -0.2) is 4.39 Å². The summed E-state index contributed by atoms with van der Waals surface area (Å²) in [5.41, 5.74) is 0. The van der Waals surface area contributed by atoms with Crippen molar-refractivity contribution in [3.8, 4) is 0 Å². The molecule has 0 aromatic heterocycles. The van der Waals surface area contributed by atoms with Crippen molar-refractivity contribution >= 4 is 0 Å². The van der Waals surface area contributed by atoms with Gasteiger partial charge in [-0.15, -0.1) is 0 Å². The molecule has 3 atom stereocenters. The summed E-state index contributed by atoms with van der Waals surface area (Å²) in [4.78, 5) is 0. The van der Waals surface area contributed by atoms with Crippen LogP contribution < -0.4 is 0 Å². The summed E-state index contributed by atoms with van der Waals surface area (Å²) in [6, 6.07) is 0. The van der Waals surface area contributed by atoms with Crippen LogP contribution in [0.5, 0.6) is 0 Å². The van der Waals surface area contributed by atoms with Crippen molar-refractivity contribution in [3.63, 3.8) is 0 Å². The molecule has 0 bridgehead atoms. The van der Waals surface area contributed by atoms with Crippen molar-refractivity contribution in [1.82, 2.24) is 0 Å². The molecule has 0 aromatic carbocycles. The average molecular weight is 360 g/mol. The minimum atomic E-state index is -4.37. The first-order valence-electron chi connectivity index (χ1n) is 10.3. The van der Waals surface area contributed by atoms with Gasteiger partial charge in [-0.2, -0.15) is 13.2 Å². The van der Waals surface area contributed by atoms with E-state index in [1.54, 1.807) is 5.92 Å². The van der Waals surface area contributed by atoms with Crippen molar-refractivity contribution in [2.24, 2.45) is 23.7 Å². The highest BCUT2D eigenvalue weighted by Crippen LogP contribution is 2.50. The van der Waals surface area contributed by atoms with Gasteiger partial charge in [0.25, 0.3) is 0 Å².